The van der Waals surface area contributed by atoms with E-state index >= 15 is 0 Å². The van der Waals surface area contributed by atoms with Gasteiger partial charge in [-0.2, -0.15) is 0 Å². The van der Waals surface area contributed by atoms with Crippen LogP contribution in [-0.2, 0) is 4.79 Å². The Morgan fingerprint density at radius 3 is 2.89 bits per heavy atom. The third-order valence-electron chi connectivity index (χ3n) is 1.58. The van der Waals surface area contributed by atoms with Crippen LogP contribution in [0.5, 0.6) is 0 Å². The summed E-state index contributed by atoms with van der Waals surface area (Å²) >= 11 is 3.40. The quantitative estimate of drug-likeness (QED) is 0.380. The first kappa shape index (κ1) is 7.22. The maximum atomic E-state index is 10.3. The highest BCUT2D eigenvalue weighted by atomic mass is 79.9. The summed E-state index contributed by atoms with van der Waals surface area (Å²) in [6, 6.07) is 0. The summed E-state index contributed by atoms with van der Waals surface area (Å²) < 4.78 is 0. The van der Waals surface area contributed by atoms with Crippen LogP contribution in [0.2, 0.25) is 0 Å². The number of hydrogen-bond donors (Lipinski definition) is 1. The van der Waals surface area contributed by atoms with Gasteiger partial charge in [-0.05, 0) is 19.4 Å². The van der Waals surface area contributed by atoms with Gasteiger partial charge in [-0.3, -0.25) is 0 Å². The lowest BCUT2D eigenvalue weighted by Gasteiger charge is -2.22. The molecule has 52 valence electrons. The molecule has 0 amide bonds. The fraction of sp³-hybridized carbons (Fsp3) is 0.833. The second-order valence-corrected chi connectivity index (χ2v) is 3.45. The van der Waals surface area contributed by atoms with Crippen molar-refractivity contribution in [2.45, 2.75) is 17.8 Å². The Hall–Kier alpha value is 0.110. The molecule has 0 unspecified atom stereocenters. The van der Waals surface area contributed by atoms with E-state index in [1.165, 1.54) is 0 Å². The van der Waals surface area contributed by atoms with Crippen LogP contribution in [0.3, 0.4) is 0 Å². The van der Waals surface area contributed by atoms with E-state index in [4.69, 9.17) is 0 Å². The molecule has 1 saturated heterocycles. The number of alkyl halides is 1. The van der Waals surface area contributed by atoms with Crippen molar-refractivity contribution in [3.63, 3.8) is 0 Å². The van der Waals surface area contributed by atoms with Crippen LogP contribution in [0.1, 0.15) is 12.8 Å². The molecule has 2 nitrogen and oxygen atoms in total. The maximum Gasteiger partial charge on any atom is 0.123 e. The van der Waals surface area contributed by atoms with Gasteiger partial charge >= 0.3 is 0 Å². The summed E-state index contributed by atoms with van der Waals surface area (Å²) in [6.45, 7) is 0.958. The normalized spacial score (nSPS) is 36.1. The highest BCUT2D eigenvalue weighted by Crippen LogP contribution is 2.16. The number of piperidine rings is 1. The first-order chi connectivity index (χ1) is 4.33. The first-order valence-corrected chi connectivity index (χ1v) is 4.07. The number of rotatable bonds is 1. The van der Waals surface area contributed by atoms with Crippen molar-refractivity contribution < 1.29 is 4.79 Å². The van der Waals surface area contributed by atoms with Crippen molar-refractivity contribution in [1.29, 1.82) is 0 Å². The van der Waals surface area contributed by atoms with Gasteiger partial charge in [-0.25, -0.2) is 0 Å². The van der Waals surface area contributed by atoms with Crippen molar-refractivity contribution in [2.75, 3.05) is 6.54 Å². The van der Waals surface area contributed by atoms with Crippen molar-refractivity contribution in [1.82, 2.24) is 5.32 Å². The molecule has 3 heteroatoms. The topological polar surface area (TPSA) is 29.1 Å². The number of halogens is 1. The monoisotopic (exact) mass is 191 g/mol. The van der Waals surface area contributed by atoms with E-state index in [2.05, 4.69) is 21.2 Å². The van der Waals surface area contributed by atoms with Crippen molar-refractivity contribution >= 4 is 22.2 Å². The van der Waals surface area contributed by atoms with Crippen LogP contribution in [-0.4, -0.2) is 17.8 Å². The van der Waals surface area contributed by atoms with E-state index in [0.717, 1.165) is 25.7 Å². The summed E-state index contributed by atoms with van der Waals surface area (Å²) in [5.41, 5.74) is 0. The second-order valence-electron chi connectivity index (χ2n) is 2.34. The number of aldehydes is 1. The van der Waals surface area contributed by atoms with E-state index in [-0.39, 0.29) is 5.92 Å². The standard InChI is InChI=1S/C6H10BrNO/c7-6-3-5(4-9)1-2-8-6/h4-6,8H,1-3H2/t5-,6-/m0/s1. The first-order valence-electron chi connectivity index (χ1n) is 3.15. The fourth-order valence-corrected chi connectivity index (χ4v) is 1.73. The highest BCUT2D eigenvalue weighted by molar-refractivity contribution is 9.09. The highest BCUT2D eigenvalue weighted by Gasteiger charge is 2.17. The Kier molecular flexibility index (Phi) is 2.66. The number of hydrogen-bond acceptors (Lipinski definition) is 2. The largest absolute Gasteiger partial charge is 0.305 e. The molecule has 0 radical (unpaired) electrons. The molecule has 2 atom stereocenters. The number of nitrogens with one attached hydrogen (secondary N) is 1. The lowest BCUT2D eigenvalue weighted by molar-refractivity contribution is -0.111. The van der Waals surface area contributed by atoms with E-state index < -0.39 is 0 Å². The van der Waals surface area contributed by atoms with Crippen LogP contribution < -0.4 is 5.32 Å². The molecule has 1 aliphatic heterocycles. The Morgan fingerprint density at radius 2 is 2.44 bits per heavy atom. The predicted octanol–water partition coefficient (Wildman–Crippen LogP) is 0.906. The van der Waals surface area contributed by atoms with E-state index in [9.17, 15) is 4.79 Å². The Balaban J connectivity index is 2.31. The Bertz CT molecular complexity index is 107. The number of carbonyl (C=O) groups excluding carboxylic acids is 1. The molecule has 0 bridgehead atoms. The SMILES string of the molecule is O=C[C@H]1CCN[C@H](Br)C1. The summed E-state index contributed by atoms with van der Waals surface area (Å²) in [6.07, 6.45) is 2.98. The van der Waals surface area contributed by atoms with Crippen molar-refractivity contribution in [3.8, 4) is 0 Å². The minimum Gasteiger partial charge on any atom is -0.305 e. The van der Waals surface area contributed by atoms with Crippen LogP contribution in [0.4, 0.5) is 0 Å². The van der Waals surface area contributed by atoms with Gasteiger partial charge in [0.15, 0.2) is 0 Å². The minimum absolute atomic E-state index is 0.274. The molecule has 9 heavy (non-hydrogen) atoms. The molecule has 1 aliphatic rings. The molecule has 0 aliphatic carbocycles. The van der Waals surface area contributed by atoms with Gasteiger partial charge in [0.05, 0.1) is 4.95 Å². The zero-order valence-electron chi connectivity index (χ0n) is 5.14. The van der Waals surface area contributed by atoms with Crippen LogP contribution in [0, 0.1) is 5.92 Å². The molecule has 0 aromatic rings. The number of carbonyl (C=O) groups is 1. The minimum atomic E-state index is 0.274. The second kappa shape index (κ2) is 3.32. The van der Waals surface area contributed by atoms with Crippen molar-refractivity contribution in [2.24, 2.45) is 5.92 Å². The van der Waals surface area contributed by atoms with Crippen LogP contribution >= 0.6 is 15.9 Å². The van der Waals surface area contributed by atoms with Gasteiger partial charge in [0.25, 0.3) is 0 Å². The molecule has 1 fully saturated rings. The fourth-order valence-electron chi connectivity index (χ4n) is 1.02. The van der Waals surface area contributed by atoms with Gasteiger partial charge in [0.2, 0.25) is 0 Å². The Morgan fingerprint density at radius 1 is 1.67 bits per heavy atom. The van der Waals surface area contributed by atoms with Crippen LogP contribution in [0.25, 0.3) is 0 Å². The zero-order chi connectivity index (χ0) is 6.69. The van der Waals surface area contributed by atoms with Gasteiger partial charge in [-0.15, -0.1) is 0 Å². The van der Waals surface area contributed by atoms with Gasteiger partial charge in [0.1, 0.15) is 6.29 Å². The van der Waals surface area contributed by atoms with Crippen molar-refractivity contribution in [3.05, 3.63) is 0 Å². The van der Waals surface area contributed by atoms with Crippen LogP contribution in [0.15, 0.2) is 0 Å². The third-order valence-corrected chi connectivity index (χ3v) is 2.28. The van der Waals surface area contributed by atoms with E-state index in [1.54, 1.807) is 0 Å². The molecular weight excluding hydrogens is 182 g/mol. The van der Waals surface area contributed by atoms with Gasteiger partial charge in [-0.1, -0.05) is 15.9 Å². The third kappa shape index (κ3) is 2.06. The lowest BCUT2D eigenvalue weighted by Crippen LogP contribution is -2.34. The molecule has 1 heterocycles. The molecule has 0 aromatic carbocycles. The lowest BCUT2D eigenvalue weighted by atomic mass is 10.0. The zero-order valence-corrected chi connectivity index (χ0v) is 6.73. The molecule has 1 N–H and O–H groups in total. The summed E-state index contributed by atoms with van der Waals surface area (Å²) in [5, 5.41) is 3.20. The molecular formula is C6H10BrNO. The van der Waals surface area contributed by atoms with Gasteiger partial charge in [0, 0.05) is 5.92 Å². The smallest absolute Gasteiger partial charge is 0.123 e. The Labute approximate surface area is 63.1 Å². The molecule has 1 rings (SSSR count). The van der Waals surface area contributed by atoms with E-state index in [1.807, 2.05) is 0 Å². The maximum absolute atomic E-state index is 10.3. The summed E-state index contributed by atoms with van der Waals surface area (Å²) in [5.74, 6) is 0.274. The molecule has 0 saturated carbocycles. The summed E-state index contributed by atoms with van der Waals surface area (Å²) in [7, 11) is 0. The average Bonchev–Trinajstić information content (AvgIpc) is 1.88. The van der Waals surface area contributed by atoms with E-state index in [0.29, 0.717) is 4.95 Å². The average molecular weight is 192 g/mol. The molecule has 0 aromatic heterocycles. The molecule has 0 spiro atoms. The predicted molar refractivity (Wildman–Crippen MR) is 39.5 cm³/mol. The summed E-state index contributed by atoms with van der Waals surface area (Å²) in [4.78, 5) is 10.6. The van der Waals surface area contributed by atoms with Gasteiger partial charge < -0.3 is 10.1 Å².